The van der Waals surface area contributed by atoms with Crippen molar-refractivity contribution in [1.29, 1.82) is 0 Å². The fourth-order valence-corrected chi connectivity index (χ4v) is 2.58. The molecule has 0 bridgehead atoms. The van der Waals surface area contributed by atoms with E-state index in [0.29, 0.717) is 28.7 Å². The maximum absolute atomic E-state index is 12.9. The minimum atomic E-state index is -0.314. The number of nitrogens with one attached hydrogen (secondary N) is 2. The summed E-state index contributed by atoms with van der Waals surface area (Å²) in [6.07, 6.45) is 1.55. The second-order valence-corrected chi connectivity index (χ2v) is 6.15. The topological polar surface area (TPSA) is 63.2 Å². The smallest absolute Gasteiger partial charge is 0.270 e. The Kier molecular flexibility index (Phi) is 5.88. The fraction of sp³-hybridized carbons (Fsp3) is 0.100. The van der Waals surface area contributed by atoms with Crippen molar-refractivity contribution in [1.82, 2.24) is 10.3 Å². The summed E-state index contributed by atoms with van der Waals surface area (Å²) in [5, 5.41) is 6.47. The Labute approximate surface area is 161 Å². The molecule has 138 valence electrons. The molecule has 1 heterocycles. The highest BCUT2D eigenvalue weighted by Crippen LogP contribution is 2.30. The Balaban J connectivity index is 1.63. The Morgan fingerprint density at radius 3 is 2.59 bits per heavy atom. The minimum Gasteiger partial charge on any atom is -0.495 e. The summed E-state index contributed by atoms with van der Waals surface area (Å²) in [6.45, 7) is 0.292. The number of aromatic nitrogens is 1. The summed E-state index contributed by atoms with van der Waals surface area (Å²) in [4.78, 5) is 16.4. The lowest BCUT2D eigenvalue weighted by Gasteiger charge is -2.11. The van der Waals surface area contributed by atoms with Gasteiger partial charge in [-0.25, -0.2) is 9.37 Å². The number of ether oxygens (including phenoxy) is 1. The number of carbonyl (C=O) groups excluding carboxylic acids is 1. The summed E-state index contributed by atoms with van der Waals surface area (Å²) in [6, 6.07) is 14.5. The van der Waals surface area contributed by atoms with Crippen molar-refractivity contribution in [2.75, 3.05) is 12.4 Å². The Hall–Kier alpha value is -3.12. The van der Waals surface area contributed by atoms with Gasteiger partial charge in [0.25, 0.3) is 5.91 Å². The monoisotopic (exact) mass is 385 g/mol. The third-order valence-electron chi connectivity index (χ3n) is 3.80. The molecule has 0 spiro atoms. The van der Waals surface area contributed by atoms with E-state index in [0.717, 1.165) is 5.56 Å². The molecule has 0 aliphatic rings. The van der Waals surface area contributed by atoms with Crippen LogP contribution >= 0.6 is 11.6 Å². The van der Waals surface area contributed by atoms with E-state index in [1.165, 1.54) is 12.1 Å². The van der Waals surface area contributed by atoms with Gasteiger partial charge in [0.15, 0.2) is 0 Å². The number of nitrogens with zero attached hydrogens (tertiary/aromatic N) is 1. The van der Waals surface area contributed by atoms with E-state index >= 15 is 0 Å². The van der Waals surface area contributed by atoms with Gasteiger partial charge in [0, 0.05) is 11.6 Å². The summed E-state index contributed by atoms with van der Waals surface area (Å²) in [5.41, 5.74) is 2.46. The molecule has 0 unspecified atom stereocenters. The van der Waals surface area contributed by atoms with Crippen LogP contribution < -0.4 is 15.4 Å². The zero-order valence-electron chi connectivity index (χ0n) is 14.5. The number of hydrogen-bond acceptors (Lipinski definition) is 4. The summed E-state index contributed by atoms with van der Waals surface area (Å²) in [5.74, 6) is 0.0119. The van der Waals surface area contributed by atoms with Crippen molar-refractivity contribution >= 4 is 28.9 Å². The number of carbonyl (C=O) groups is 1. The van der Waals surface area contributed by atoms with Crippen LogP contribution in [0.3, 0.4) is 0 Å². The van der Waals surface area contributed by atoms with Gasteiger partial charge in [-0.05, 0) is 48.0 Å². The predicted molar refractivity (Wildman–Crippen MR) is 103 cm³/mol. The number of amides is 1. The van der Waals surface area contributed by atoms with E-state index in [-0.39, 0.29) is 17.4 Å². The first-order valence-corrected chi connectivity index (χ1v) is 8.52. The molecule has 2 aromatic carbocycles. The Morgan fingerprint density at radius 2 is 1.93 bits per heavy atom. The Morgan fingerprint density at radius 1 is 1.15 bits per heavy atom. The number of benzene rings is 2. The Bertz CT molecular complexity index is 931. The van der Waals surface area contributed by atoms with Gasteiger partial charge < -0.3 is 15.4 Å². The van der Waals surface area contributed by atoms with Crippen LogP contribution in [0.1, 0.15) is 16.1 Å². The van der Waals surface area contributed by atoms with Gasteiger partial charge in [0.2, 0.25) is 0 Å². The van der Waals surface area contributed by atoms with Crippen molar-refractivity contribution in [3.8, 4) is 5.75 Å². The van der Waals surface area contributed by atoms with Crippen LogP contribution in [0, 0.1) is 5.82 Å². The zero-order chi connectivity index (χ0) is 19.2. The number of hydrogen-bond donors (Lipinski definition) is 2. The van der Waals surface area contributed by atoms with Gasteiger partial charge in [-0.1, -0.05) is 23.7 Å². The molecular formula is C20H17ClFN3O2. The van der Waals surface area contributed by atoms with E-state index in [9.17, 15) is 9.18 Å². The zero-order valence-corrected chi connectivity index (χ0v) is 15.3. The molecular weight excluding hydrogens is 369 g/mol. The first-order valence-electron chi connectivity index (χ1n) is 8.14. The molecule has 1 aromatic heterocycles. The third kappa shape index (κ3) is 4.95. The molecule has 2 N–H and O–H groups in total. The number of pyridine rings is 1. The molecule has 0 radical (unpaired) electrons. The average molecular weight is 386 g/mol. The highest BCUT2D eigenvalue weighted by molar-refractivity contribution is 6.31. The maximum atomic E-state index is 12.9. The van der Waals surface area contributed by atoms with Gasteiger partial charge in [-0.15, -0.1) is 0 Å². The lowest BCUT2D eigenvalue weighted by atomic mass is 10.2. The van der Waals surface area contributed by atoms with Gasteiger partial charge in [-0.3, -0.25) is 4.79 Å². The highest BCUT2D eigenvalue weighted by atomic mass is 35.5. The first-order chi connectivity index (χ1) is 13.0. The van der Waals surface area contributed by atoms with Gasteiger partial charge in [-0.2, -0.15) is 0 Å². The van der Waals surface area contributed by atoms with Crippen molar-refractivity contribution in [2.24, 2.45) is 0 Å². The minimum absolute atomic E-state index is 0.278. The van der Waals surface area contributed by atoms with E-state index in [4.69, 9.17) is 16.3 Å². The van der Waals surface area contributed by atoms with Crippen LogP contribution in [-0.2, 0) is 6.54 Å². The summed E-state index contributed by atoms with van der Waals surface area (Å²) >= 11 is 6.02. The van der Waals surface area contributed by atoms with Crippen LogP contribution in [0.5, 0.6) is 5.75 Å². The molecule has 0 saturated heterocycles. The van der Waals surface area contributed by atoms with E-state index in [1.54, 1.807) is 55.8 Å². The normalized spacial score (nSPS) is 10.3. The van der Waals surface area contributed by atoms with Crippen molar-refractivity contribution < 1.29 is 13.9 Å². The van der Waals surface area contributed by atoms with Crippen molar-refractivity contribution in [3.63, 3.8) is 0 Å². The van der Waals surface area contributed by atoms with E-state index in [1.807, 2.05) is 0 Å². The molecule has 0 fully saturated rings. The molecule has 0 aliphatic carbocycles. The molecule has 0 atom stereocenters. The molecule has 0 aliphatic heterocycles. The van der Waals surface area contributed by atoms with Crippen molar-refractivity contribution in [2.45, 2.75) is 6.54 Å². The standard InChI is InChI=1S/C20H17ClFN3O2/c1-27-19-9-4-14(21)10-18(19)25-16-7-8-17(23-12-16)20(26)24-11-13-2-5-15(22)6-3-13/h2-10,12,25H,11H2,1H3,(H,24,26). The van der Waals surface area contributed by atoms with Crippen LogP contribution in [0.15, 0.2) is 60.8 Å². The van der Waals surface area contributed by atoms with Gasteiger partial charge in [0.05, 0.1) is 24.7 Å². The van der Waals surface area contributed by atoms with Gasteiger partial charge >= 0.3 is 0 Å². The maximum Gasteiger partial charge on any atom is 0.270 e. The number of rotatable bonds is 6. The summed E-state index contributed by atoms with van der Waals surface area (Å²) in [7, 11) is 1.57. The molecule has 27 heavy (non-hydrogen) atoms. The second kappa shape index (κ2) is 8.51. The lowest BCUT2D eigenvalue weighted by Crippen LogP contribution is -2.23. The second-order valence-electron chi connectivity index (χ2n) is 5.71. The quantitative estimate of drug-likeness (QED) is 0.653. The number of anilines is 2. The molecule has 1 amide bonds. The van der Waals surface area contributed by atoms with Gasteiger partial charge in [0.1, 0.15) is 17.3 Å². The predicted octanol–water partition coefficient (Wildman–Crippen LogP) is 4.56. The molecule has 7 heteroatoms. The molecule has 0 saturated carbocycles. The van der Waals surface area contributed by atoms with Crippen LogP contribution in [0.2, 0.25) is 5.02 Å². The third-order valence-corrected chi connectivity index (χ3v) is 4.04. The van der Waals surface area contributed by atoms with Crippen LogP contribution in [-0.4, -0.2) is 18.0 Å². The number of methoxy groups -OCH3 is 1. The SMILES string of the molecule is COc1ccc(Cl)cc1Nc1ccc(C(=O)NCc2ccc(F)cc2)nc1. The van der Waals surface area contributed by atoms with Crippen LogP contribution in [0.25, 0.3) is 0 Å². The molecule has 3 aromatic rings. The molecule has 5 nitrogen and oxygen atoms in total. The van der Waals surface area contributed by atoms with E-state index in [2.05, 4.69) is 15.6 Å². The molecule has 3 rings (SSSR count). The van der Waals surface area contributed by atoms with Crippen molar-refractivity contribution in [3.05, 3.63) is 82.9 Å². The largest absolute Gasteiger partial charge is 0.495 e. The summed E-state index contributed by atoms with van der Waals surface area (Å²) < 4.78 is 18.2. The lowest BCUT2D eigenvalue weighted by molar-refractivity contribution is 0.0946. The van der Waals surface area contributed by atoms with E-state index < -0.39 is 0 Å². The number of halogens is 2. The fourth-order valence-electron chi connectivity index (χ4n) is 2.41. The average Bonchev–Trinajstić information content (AvgIpc) is 2.68. The highest BCUT2D eigenvalue weighted by Gasteiger charge is 2.09. The van der Waals surface area contributed by atoms with Crippen LogP contribution in [0.4, 0.5) is 15.8 Å². The first kappa shape index (κ1) is 18.7.